The van der Waals surface area contributed by atoms with Crippen LogP contribution in [0.25, 0.3) is 0 Å². The van der Waals surface area contributed by atoms with Crippen LogP contribution in [0.2, 0.25) is 0 Å². The van der Waals surface area contributed by atoms with Crippen molar-refractivity contribution < 1.29 is 19.1 Å². The zero-order valence-electron chi connectivity index (χ0n) is 15.9. The molecule has 0 heterocycles. The van der Waals surface area contributed by atoms with E-state index in [2.05, 4.69) is 17.2 Å². The minimum Gasteiger partial charge on any atom is -0.493 e. The van der Waals surface area contributed by atoms with E-state index in [0.29, 0.717) is 24.5 Å². The van der Waals surface area contributed by atoms with Gasteiger partial charge < -0.3 is 25.8 Å². The minimum absolute atomic E-state index is 0.00751. The van der Waals surface area contributed by atoms with Crippen LogP contribution in [0.3, 0.4) is 0 Å². The molecule has 0 spiro atoms. The molecule has 4 N–H and O–H groups in total. The Bertz CT molecular complexity index is 644. The van der Waals surface area contributed by atoms with Gasteiger partial charge in [-0.2, -0.15) is 0 Å². The van der Waals surface area contributed by atoms with Crippen LogP contribution in [0.1, 0.15) is 25.0 Å². The first-order valence-corrected chi connectivity index (χ1v) is 8.48. The number of hydrogen-bond donors (Lipinski definition) is 3. The average molecular weight is 363 g/mol. The fraction of sp³-hybridized carbons (Fsp3) is 0.474. The number of hydrogen-bond acceptors (Lipinski definition) is 5. The maximum absolute atomic E-state index is 12.0. The molecule has 0 saturated carbocycles. The van der Waals surface area contributed by atoms with Gasteiger partial charge in [-0.1, -0.05) is 19.9 Å². The lowest BCUT2D eigenvalue weighted by Gasteiger charge is -2.16. The van der Waals surface area contributed by atoms with E-state index in [1.165, 1.54) is 0 Å². The SMILES string of the molecule is C=CCc1cc(CNC(=O)CNC(=O)[C@@H](N)C(C)C)cc(OC)c1OC. The quantitative estimate of drug-likeness (QED) is 0.541. The van der Waals surface area contributed by atoms with Gasteiger partial charge in [0.05, 0.1) is 26.8 Å². The zero-order chi connectivity index (χ0) is 19.7. The lowest BCUT2D eigenvalue weighted by molar-refractivity contribution is -0.127. The van der Waals surface area contributed by atoms with Gasteiger partial charge in [-0.15, -0.1) is 6.58 Å². The van der Waals surface area contributed by atoms with Gasteiger partial charge >= 0.3 is 0 Å². The van der Waals surface area contributed by atoms with Crippen LogP contribution in [-0.4, -0.2) is 38.6 Å². The van der Waals surface area contributed by atoms with Gasteiger partial charge in [0.2, 0.25) is 11.8 Å². The second-order valence-electron chi connectivity index (χ2n) is 6.25. The minimum atomic E-state index is -0.630. The Morgan fingerprint density at radius 3 is 2.46 bits per heavy atom. The molecule has 1 aromatic carbocycles. The van der Waals surface area contributed by atoms with E-state index in [-0.39, 0.29) is 24.3 Å². The van der Waals surface area contributed by atoms with Crippen molar-refractivity contribution in [2.75, 3.05) is 20.8 Å². The van der Waals surface area contributed by atoms with Crippen LogP contribution in [0.15, 0.2) is 24.8 Å². The molecule has 2 amide bonds. The monoisotopic (exact) mass is 363 g/mol. The summed E-state index contributed by atoms with van der Waals surface area (Å²) in [7, 11) is 3.14. The van der Waals surface area contributed by atoms with Gasteiger partial charge in [0, 0.05) is 12.1 Å². The summed E-state index contributed by atoms with van der Waals surface area (Å²) in [5, 5.41) is 5.30. The molecule has 26 heavy (non-hydrogen) atoms. The number of nitrogens with one attached hydrogen (secondary N) is 2. The number of carbonyl (C=O) groups excluding carboxylic acids is 2. The molecule has 1 rings (SSSR count). The maximum atomic E-state index is 12.0. The highest BCUT2D eigenvalue weighted by Crippen LogP contribution is 2.33. The summed E-state index contributed by atoms with van der Waals surface area (Å²) in [6.45, 7) is 7.62. The molecule has 0 unspecified atom stereocenters. The predicted molar refractivity (Wildman–Crippen MR) is 101 cm³/mol. The number of benzene rings is 1. The fourth-order valence-electron chi connectivity index (χ4n) is 2.37. The number of allylic oxidation sites excluding steroid dienone is 1. The summed E-state index contributed by atoms with van der Waals surface area (Å²) in [6, 6.07) is 3.10. The van der Waals surface area contributed by atoms with Crippen LogP contribution in [-0.2, 0) is 22.6 Å². The summed E-state index contributed by atoms with van der Waals surface area (Å²) in [4.78, 5) is 23.7. The van der Waals surface area contributed by atoms with Crippen molar-refractivity contribution in [3.8, 4) is 11.5 Å². The summed E-state index contributed by atoms with van der Waals surface area (Å²) >= 11 is 0. The third kappa shape index (κ3) is 6.07. The molecule has 0 aromatic heterocycles. The van der Waals surface area contributed by atoms with Crippen molar-refractivity contribution in [1.29, 1.82) is 0 Å². The largest absolute Gasteiger partial charge is 0.493 e. The molecular weight excluding hydrogens is 334 g/mol. The molecule has 0 saturated heterocycles. The number of nitrogens with two attached hydrogens (primary N) is 1. The molecule has 1 aromatic rings. The molecule has 0 aliphatic rings. The van der Waals surface area contributed by atoms with Crippen molar-refractivity contribution in [3.05, 3.63) is 35.9 Å². The van der Waals surface area contributed by atoms with Gasteiger partial charge in [0.1, 0.15) is 0 Å². The molecule has 1 atom stereocenters. The first-order chi connectivity index (χ1) is 12.3. The Hall–Kier alpha value is -2.54. The fourth-order valence-corrected chi connectivity index (χ4v) is 2.37. The third-order valence-corrected chi connectivity index (χ3v) is 3.91. The Labute approximate surface area is 154 Å². The summed E-state index contributed by atoms with van der Waals surface area (Å²) in [6.07, 6.45) is 2.39. The van der Waals surface area contributed by atoms with Gasteiger partial charge in [-0.3, -0.25) is 9.59 Å². The lowest BCUT2D eigenvalue weighted by Crippen LogP contribution is -2.47. The molecule has 0 fully saturated rings. The number of methoxy groups -OCH3 is 2. The Kier molecular flexibility index (Phi) is 8.64. The van der Waals surface area contributed by atoms with Crippen molar-refractivity contribution in [3.63, 3.8) is 0 Å². The highest BCUT2D eigenvalue weighted by molar-refractivity contribution is 5.87. The second-order valence-corrected chi connectivity index (χ2v) is 6.25. The van der Waals surface area contributed by atoms with Crippen LogP contribution >= 0.6 is 0 Å². The molecule has 0 bridgehead atoms. The standard InChI is InChI=1S/C19H29N3O4/c1-6-7-14-8-13(9-15(25-4)18(14)26-5)10-21-16(23)11-22-19(24)17(20)12(2)3/h6,8-9,12,17H,1,7,10-11,20H2,2-5H3,(H,21,23)(H,22,24)/t17-/m0/s1. The first-order valence-electron chi connectivity index (χ1n) is 8.48. The normalized spacial score (nSPS) is 11.6. The summed E-state index contributed by atoms with van der Waals surface area (Å²) in [5.41, 5.74) is 7.52. The zero-order valence-corrected chi connectivity index (χ0v) is 15.9. The highest BCUT2D eigenvalue weighted by atomic mass is 16.5. The summed E-state index contributed by atoms with van der Waals surface area (Å²) < 4.78 is 10.7. The van der Waals surface area contributed by atoms with Gasteiger partial charge in [0.15, 0.2) is 11.5 Å². The predicted octanol–water partition coefficient (Wildman–Crippen LogP) is 1.15. The van der Waals surface area contributed by atoms with Crippen LogP contribution in [0, 0.1) is 5.92 Å². The van der Waals surface area contributed by atoms with Crippen molar-refractivity contribution in [2.24, 2.45) is 11.7 Å². The third-order valence-electron chi connectivity index (χ3n) is 3.91. The van der Waals surface area contributed by atoms with Crippen LogP contribution in [0.4, 0.5) is 0 Å². The number of rotatable bonds is 10. The Balaban J connectivity index is 2.69. The van der Waals surface area contributed by atoms with E-state index < -0.39 is 6.04 Å². The molecule has 0 aliphatic heterocycles. The van der Waals surface area contributed by atoms with Gasteiger partial charge in [-0.25, -0.2) is 0 Å². The van der Waals surface area contributed by atoms with E-state index in [9.17, 15) is 9.59 Å². The van der Waals surface area contributed by atoms with E-state index in [1.54, 1.807) is 26.4 Å². The molecule has 0 aliphatic carbocycles. The Morgan fingerprint density at radius 1 is 1.23 bits per heavy atom. The number of amides is 2. The summed E-state index contributed by atoms with van der Waals surface area (Å²) in [5.74, 6) is 0.613. The molecule has 144 valence electrons. The topological polar surface area (TPSA) is 103 Å². The smallest absolute Gasteiger partial charge is 0.239 e. The number of ether oxygens (including phenoxy) is 2. The van der Waals surface area contributed by atoms with E-state index in [0.717, 1.165) is 11.1 Å². The maximum Gasteiger partial charge on any atom is 0.239 e. The van der Waals surface area contributed by atoms with E-state index in [1.807, 2.05) is 19.9 Å². The number of carbonyl (C=O) groups is 2. The van der Waals surface area contributed by atoms with Crippen molar-refractivity contribution in [2.45, 2.75) is 32.9 Å². The van der Waals surface area contributed by atoms with E-state index in [4.69, 9.17) is 15.2 Å². The Morgan fingerprint density at radius 2 is 1.92 bits per heavy atom. The molecule has 7 nitrogen and oxygen atoms in total. The first kappa shape index (κ1) is 21.5. The van der Waals surface area contributed by atoms with Gasteiger partial charge in [-0.05, 0) is 30.0 Å². The average Bonchev–Trinajstić information content (AvgIpc) is 2.63. The van der Waals surface area contributed by atoms with Crippen LogP contribution < -0.4 is 25.8 Å². The van der Waals surface area contributed by atoms with Gasteiger partial charge in [0.25, 0.3) is 0 Å². The second kappa shape index (κ2) is 10.5. The molecule has 0 radical (unpaired) electrons. The molecule has 7 heteroatoms. The highest BCUT2D eigenvalue weighted by Gasteiger charge is 2.17. The van der Waals surface area contributed by atoms with Crippen molar-refractivity contribution in [1.82, 2.24) is 10.6 Å². The van der Waals surface area contributed by atoms with Crippen LogP contribution in [0.5, 0.6) is 11.5 Å². The lowest BCUT2D eigenvalue weighted by atomic mass is 10.1. The molecular formula is C19H29N3O4. The van der Waals surface area contributed by atoms with Crippen molar-refractivity contribution >= 4 is 11.8 Å². The van der Waals surface area contributed by atoms with E-state index >= 15 is 0 Å².